The van der Waals surface area contributed by atoms with Crippen molar-refractivity contribution in [3.8, 4) is 0 Å². The fraction of sp³-hybridized carbons (Fsp3) is 0.556. The van der Waals surface area contributed by atoms with Crippen LogP contribution in [-0.2, 0) is 20.9 Å². The minimum absolute atomic E-state index is 0.0829. The number of ether oxygens (including phenoxy) is 1. The fourth-order valence-corrected chi connectivity index (χ4v) is 4.34. The molecule has 5 atom stereocenters. The van der Waals surface area contributed by atoms with Crippen LogP contribution in [0.2, 0.25) is 0 Å². The van der Waals surface area contributed by atoms with Crippen LogP contribution < -0.4 is 0 Å². The number of fused-ring (bicyclic) bond motifs is 2. The van der Waals surface area contributed by atoms with E-state index in [1.807, 2.05) is 44.2 Å². The Hall–Kier alpha value is -1.68. The van der Waals surface area contributed by atoms with Gasteiger partial charge in [0.05, 0.1) is 6.10 Å². The quantitative estimate of drug-likeness (QED) is 0.687. The summed E-state index contributed by atoms with van der Waals surface area (Å²) >= 11 is 0. The van der Waals surface area contributed by atoms with E-state index in [2.05, 4.69) is 0 Å². The first-order chi connectivity index (χ1) is 10.5. The molecule has 0 spiro atoms. The first-order valence-corrected chi connectivity index (χ1v) is 7.91. The summed E-state index contributed by atoms with van der Waals surface area (Å²) in [5.41, 5.74) is -0.163. The second-order valence-electron chi connectivity index (χ2n) is 6.74. The summed E-state index contributed by atoms with van der Waals surface area (Å²) < 4.78 is 5.49. The number of aliphatic hydroxyl groups is 1. The number of Topliss-reactive ketones (excluding diaryl/α,β-unsaturated/α-hetero) is 1. The Morgan fingerprint density at radius 2 is 1.86 bits per heavy atom. The van der Waals surface area contributed by atoms with Crippen LogP contribution in [0.15, 0.2) is 30.3 Å². The van der Waals surface area contributed by atoms with E-state index in [0.29, 0.717) is 12.8 Å². The lowest BCUT2D eigenvalue weighted by atomic mass is 9.63. The molecule has 1 N–H and O–H groups in total. The van der Waals surface area contributed by atoms with Crippen LogP contribution >= 0.6 is 0 Å². The third kappa shape index (κ3) is 2.09. The smallest absolute Gasteiger partial charge is 0.320 e. The average Bonchev–Trinajstić information content (AvgIpc) is 2.72. The standard InChI is InChI=1S/C18H22O4/c1-11-8-14-15(19)9-12(2)18(11,16(14)20)17(21)22-10-13-6-4-3-5-7-13/h3-7,11-12,14-15,19H,8-10H2,1-2H3/t11-,12+,14+,15-,18+/m1/s1. The molecule has 2 bridgehead atoms. The van der Waals surface area contributed by atoms with Crippen molar-refractivity contribution in [3.05, 3.63) is 35.9 Å². The van der Waals surface area contributed by atoms with Crippen molar-refractivity contribution in [3.63, 3.8) is 0 Å². The molecule has 4 nitrogen and oxygen atoms in total. The van der Waals surface area contributed by atoms with E-state index in [-0.39, 0.29) is 24.2 Å². The maximum Gasteiger partial charge on any atom is 0.320 e. The van der Waals surface area contributed by atoms with Crippen molar-refractivity contribution in [1.29, 1.82) is 0 Å². The molecule has 0 radical (unpaired) electrons. The van der Waals surface area contributed by atoms with Gasteiger partial charge >= 0.3 is 5.97 Å². The number of aliphatic hydroxyl groups excluding tert-OH is 1. The highest BCUT2D eigenvalue weighted by Crippen LogP contribution is 2.55. The predicted octanol–water partition coefficient (Wildman–Crippen LogP) is 2.34. The van der Waals surface area contributed by atoms with Gasteiger partial charge < -0.3 is 9.84 Å². The molecule has 2 aliphatic rings. The highest BCUT2D eigenvalue weighted by atomic mass is 16.5. The molecule has 2 saturated carbocycles. The summed E-state index contributed by atoms with van der Waals surface area (Å²) in [6, 6.07) is 9.46. The van der Waals surface area contributed by atoms with Gasteiger partial charge in [0.25, 0.3) is 0 Å². The SMILES string of the molecule is C[C@@H]1C[C@@H]2C(=O)[C@@]1(C(=O)OCc1ccccc1)[C@@H](C)C[C@H]2O. The first kappa shape index (κ1) is 15.2. The Balaban J connectivity index is 1.82. The molecule has 2 aliphatic carbocycles. The van der Waals surface area contributed by atoms with E-state index in [4.69, 9.17) is 4.74 Å². The summed E-state index contributed by atoms with van der Waals surface area (Å²) in [6.07, 6.45) is 0.439. The Bertz CT molecular complexity index is 582. The van der Waals surface area contributed by atoms with E-state index in [1.54, 1.807) is 0 Å². The Morgan fingerprint density at radius 3 is 2.55 bits per heavy atom. The number of ketones is 1. The summed E-state index contributed by atoms with van der Waals surface area (Å²) in [4.78, 5) is 25.5. The molecule has 22 heavy (non-hydrogen) atoms. The molecule has 1 aromatic rings. The number of hydrogen-bond donors (Lipinski definition) is 1. The van der Waals surface area contributed by atoms with E-state index >= 15 is 0 Å². The molecule has 0 aliphatic heterocycles. The molecule has 0 amide bonds. The monoisotopic (exact) mass is 302 g/mol. The van der Waals surface area contributed by atoms with Crippen molar-refractivity contribution in [2.45, 2.75) is 39.4 Å². The number of hydrogen-bond acceptors (Lipinski definition) is 4. The van der Waals surface area contributed by atoms with E-state index < -0.39 is 23.4 Å². The average molecular weight is 302 g/mol. The summed E-state index contributed by atoms with van der Waals surface area (Å²) in [5, 5.41) is 10.1. The zero-order valence-corrected chi connectivity index (χ0v) is 13.0. The van der Waals surface area contributed by atoms with Gasteiger partial charge in [-0.1, -0.05) is 44.2 Å². The normalized spacial score (nSPS) is 37.1. The van der Waals surface area contributed by atoms with Crippen LogP contribution in [0.25, 0.3) is 0 Å². The lowest BCUT2D eigenvalue weighted by Crippen LogP contribution is -2.52. The van der Waals surface area contributed by atoms with Crippen LogP contribution in [0.4, 0.5) is 0 Å². The van der Waals surface area contributed by atoms with Crippen molar-refractivity contribution in [2.24, 2.45) is 23.2 Å². The summed E-state index contributed by atoms with van der Waals surface area (Å²) in [5.74, 6) is -1.22. The highest BCUT2D eigenvalue weighted by Gasteiger charge is 2.66. The highest BCUT2D eigenvalue weighted by molar-refractivity contribution is 6.08. The summed E-state index contributed by atoms with van der Waals surface area (Å²) in [7, 11) is 0. The first-order valence-electron chi connectivity index (χ1n) is 7.91. The Labute approximate surface area is 130 Å². The lowest BCUT2D eigenvalue weighted by molar-refractivity contribution is -0.171. The molecule has 4 heteroatoms. The van der Waals surface area contributed by atoms with Crippen molar-refractivity contribution in [2.75, 3.05) is 0 Å². The van der Waals surface area contributed by atoms with Crippen molar-refractivity contribution < 1.29 is 19.4 Å². The van der Waals surface area contributed by atoms with Gasteiger partial charge in [-0.3, -0.25) is 9.59 Å². The van der Waals surface area contributed by atoms with Gasteiger partial charge in [-0.2, -0.15) is 0 Å². The molecular formula is C18H22O4. The van der Waals surface area contributed by atoms with Crippen LogP contribution in [0, 0.1) is 23.2 Å². The molecule has 0 aromatic heterocycles. The molecule has 0 saturated heterocycles. The maximum atomic E-state index is 12.8. The van der Waals surface area contributed by atoms with Gasteiger partial charge in [0, 0.05) is 5.92 Å². The van der Waals surface area contributed by atoms with Crippen LogP contribution in [0.3, 0.4) is 0 Å². The van der Waals surface area contributed by atoms with Crippen LogP contribution in [-0.4, -0.2) is 23.0 Å². The van der Waals surface area contributed by atoms with E-state index in [1.165, 1.54) is 0 Å². The van der Waals surface area contributed by atoms with Gasteiger partial charge in [-0.25, -0.2) is 0 Å². The zero-order chi connectivity index (χ0) is 15.9. The molecule has 118 valence electrons. The molecule has 0 heterocycles. The maximum absolute atomic E-state index is 12.8. The minimum atomic E-state index is -1.07. The lowest BCUT2D eigenvalue weighted by Gasteiger charge is -2.39. The largest absolute Gasteiger partial charge is 0.460 e. The molecule has 1 aromatic carbocycles. The van der Waals surface area contributed by atoms with Crippen LogP contribution in [0.5, 0.6) is 0 Å². The zero-order valence-electron chi connectivity index (χ0n) is 13.0. The van der Waals surface area contributed by atoms with Gasteiger partial charge in [-0.05, 0) is 30.2 Å². The Kier molecular flexibility index (Phi) is 3.81. The topological polar surface area (TPSA) is 63.6 Å². The van der Waals surface area contributed by atoms with Crippen molar-refractivity contribution >= 4 is 11.8 Å². The molecule has 3 rings (SSSR count). The van der Waals surface area contributed by atoms with Crippen molar-refractivity contribution in [1.82, 2.24) is 0 Å². The Morgan fingerprint density at radius 1 is 1.23 bits per heavy atom. The summed E-state index contributed by atoms with van der Waals surface area (Å²) in [6.45, 7) is 3.99. The van der Waals surface area contributed by atoms with E-state index in [0.717, 1.165) is 5.56 Å². The third-order valence-electron chi connectivity index (χ3n) is 5.52. The second kappa shape index (κ2) is 5.51. The number of rotatable bonds is 3. The van der Waals surface area contributed by atoms with Gasteiger partial charge in [0.15, 0.2) is 5.78 Å². The molecule has 2 fully saturated rings. The predicted molar refractivity (Wildman–Crippen MR) is 80.7 cm³/mol. The second-order valence-corrected chi connectivity index (χ2v) is 6.74. The minimum Gasteiger partial charge on any atom is -0.460 e. The van der Waals surface area contributed by atoms with Crippen LogP contribution in [0.1, 0.15) is 32.3 Å². The van der Waals surface area contributed by atoms with Gasteiger partial charge in [-0.15, -0.1) is 0 Å². The molecule has 0 unspecified atom stereocenters. The number of carbonyl (C=O) groups is 2. The van der Waals surface area contributed by atoms with Gasteiger partial charge in [0.2, 0.25) is 0 Å². The van der Waals surface area contributed by atoms with E-state index in [9.17, 15) is 14.7 Å². The molecular weight excluding hydrogens is 280 g/mol. The fourth-order valence-electron chi connectivity index (χ4n) is 4.34. The van der Waals surface area contributed by atoms with Gasteiger partial charge in [0.1, 0.15) is 12.0 Å². The number of esters is 1. The number of benzene rings is 1. The number of carbonyl (C=O) groups excluding carboxylic acids is 2. The third-order valence-corrected chi connectivity index (χ3v) is 5.52.